The molecule has 0 N–H and O–H groups in total. The molecule has 14 heavy (non-hydrogen) atoms. The summed E-state index contributed by atoms with van der Waals surface area (Å²) in [6.07, 6.45) is 3.93. The second-order valence-electron chi connectivity index (χ2n) is 3.57. The largest absolute Gasteiger partial charge is 0.379 e. The van der Waals surface area contributed by atoms with E-state index >= 15 is 0 Å². The topological polar surface area (TPSA) is 27.1 Å². The van der Waals surface area contributed by atoms with Gasteiger partial charge in [-0.2, -0.15) is 5.10 Å². The van der Waals surface area contributed by atoms with Crippen molar-refractivity contribution >= 4 is 11.6 Å². The van der Waals surface area contributed by atoms with Gasteiger partial charge in [-0.3, -0.25) is 4.68 Å². The lowest BCUT2D eigenvalue weighted by atomic mass is 10.2. The molecule has 0 spiro atoms. The van der Waals surface area contributed by atoms with Gasteiger partial charge in [0.05, 0.1) is 24.7 Å². The fourth-order valence-corrected chi connectivity index (χ4v) is 2.18. The van der Waals surface area contributed by atoms with Crippen LogP contribution in [0.1, 0.15) is 30.6 Å². The zero-order chi connectivity index (χ0) is 9.97. The molecule has 1 fully saturated rings. The van der Waals surface area contributed by atoms with Crippen molar-refractivity contribution in [3.05, 3.63) is 17.5 Å². The van der Waals surface area contributed by atoms with Crippen LogP contribution in [0.4, 0.5) is 0 Å². The van der Waals surface area contributed by atoms with E-state index in [2.05, 4.69) is 16.7 Å². The highest BCUT2D eigenvalue weighted by molar-refractivity contribution is 6.17. The summed E-state index contributed by atoms with van der Waals surface area (Å²) >= 11 is 5.85. The van der Waals surface area contributed by atoms with Crippen LogP contribution in [0.3, 0.4) is 0 Å². The predicted octanol–water partition coefficient (Wildman–Crippen LogP) is 2.15. The molecule has 3 nitrogen and oxygen atoms in total. The number of rotatable bonds is 3. The van der Waals surface area contributed by atoms with Crippen LogP contribution in [0.25, 0.3) is 0 Å². The molecule has 0 amide bonds. The number of ether oxygens (including phenoxy) is 1. The predicted molar refractivity (Wildman–Crippen MR) is 55.6 cm³/mol. The molecule has 1 aromatic rings. The van der Waals surface area contributed by atoms with E-state index in [-0.39, 0.29) is 0 Å². The summed E-state index contributed by atoms with van der Waals surface area (Å²) in [7, 11) is 0. The summed E-state index contributed by atoms with van der Waals surface area (Å²) in [6, 6.07) is 0.418. The van der Waals surface area contributed by atoms with Crippen molar-refractivity contribution < 1.29 is 4.74 Å². The van der Waals surface area contributed by atoms with Crippen molar-refractivity contribution in [1.29, 1.82) is 0 Å². The molecule has 0 aromatic carbocycles. The van der Waals surface area contributed by atoms with Crippen LogP contribution in [-0.4, -0.2) is 23.0 Å². The van der Waals surface area contributed by atoms with Gasteiger partial charge in [0.15, 0.2) is 0 Å². The number of halogens is 1. The molecule has 1 atom stereocenters. The molecule has 2 rings (SSSR count). The summed E-state index contributed by atoms with van der Waals surface area (Å²) in [6.45, 7) is 3.78. The van der Waals surface area contributed by atoms with Gasteiger partial charge >= 0.3 is 0 Å². The third kappa shape index (κ3) is 1.66. The Morgan fingerprint density at radius 3 is 3.14 bits per heavy atom. The maximum absolute atomic E-state index is 5.85. The molecule has 1 aliphatic rings. The van der Waals surface area contributed by atoms with Crippen LogP contribution in [0, 0.1) is 0 Å². The van der Waals surface area contributed by atoms with E-state index in [0.29, 0.717) is 11.9 Å². The Kier molecular flexibility index (Phi) is 3.08. The highest BCUT2D eigenvalue weighted by Gasteiger charge is 2.21. The van der Waals surface area contributed by atoms with Gasteiger partial charge in [0.25, 0.3) is 0 Å². The first-order valence-corrected chi connectivity index (χ1v) is 5.59. The minimum Gasteiger partial charge on any atom is -0.379 e. The molecule has 0 radical (unpaired) electrons. The fraction of sp³-hybridized carbons (Fsp3) is 0.700. The first-order chi connectivity index (χ1) is 6.86. The molecule has 4 heteroatoms. The minimum atomic E-state index is 0.418. The summed E-state index contributed by atoms with van der Waals surface area (Å²) in [5.41, 5.74) is 2.41. The van der Waals surface area contributed by atoms with Crippen LogP contribution >= 0.6 is 11.6 Å². The third-order valence-electron chi connectivity index (χ3n) is 2.72. The van der Waals surface area contributed by atoms with Gasteiger partial charge < -0.3 is 4.74 Å². The molecule has 78 valence electrons. The van der Waals surface area contributed by atoms with Gasteiger partial charge in [0, 0.05) is 17.9 Å². The molecule has 1 saturated heterocycles. The highest BCUT2D eigenvalue weighted by atomic mass is 35.5. The van der Waals surface area contributed by atoms with Gasteiger partial charge in [0.1, 0.15) is 0 Å². The molecule has 1 aliphatic heterocycles. The van der Waals surface area contributed by atoms with Crippen molar-refractivity contribution in [2.45, 2.75) is 31.7 Å². The second kappa shape index (κ2) is 4.32. The average Bonchev–Trinajstić information content (AvgIpc) is 2.85. The Bertz CT molecular complexity index is 305. The lowest BCUT2D eigenvalue weighted by Crippen LogP contribution is -2.13. The zero-order valence-electron chi connectivity index (χ0n) is 8.37. The number of nitrogens with zero attached hydrogens (tertiary/aromatic N) is 2. The van der Waals surface area contributed by atoms with Crippen LogP contribution in [0.5, 0.6) is 0 Å². The lowest BCUT2D eigenvalue weighted by molar-refractivity contribution is 0.184. The number of hydrogen-bond acceptors (Lipinski definition) is 2. The van der Waals surface area contributed by atoms with E-state index in [1.807, 2.05) is 6.20 Å². The fourth-order valence-electron chi connectivity index (χ4n) is 1.95. The zero-order valence-corrected chi connectivity index (χ0v) is 9.13. The van der Waals surface area contributed by atoms with E-state index in [4.69, 9.17) is 16.3 Å². The van der Waals surface area contributed by atoms with Gasteiger partial charge in [-0.25, -0.2) is 0 Å². The minimum absolute atomic E-state index is 0.418. The Morgan fingerprint density at radius 2 is 2.57 bits per heavy atom. The first kappa shape index (κ1) is 9.99. The van der Waals surface area contributed by atoms with Gasteiger partial charge in [-0.05, 0) is 12.8 Å². The number of alkyl halides is 1. The first-order valence-electron chi connectivity index (χ1n) is 5.05. The van der Waals surface area contributed by atoms with E-state index in [9.17, 15) is 0 Å². The second-order valence-corrected chi connectivity index (χ2v) is 3.83. The molecule has 0 bridgehead atoms. The number of aromatic nitrogens is 2. The monoisotopic (exact) mass is 214 g/mol. The standard InChI is InChI=1S/C10H15ClN2O/c1-2-10-8(5-11)6-12-13(10)9-3-4-14-7-9/h6,9H,2-5,7H2,1H3. The van der Waals surface area contributed by atoms with Gasteiger partial charge in [0.2, 0.25) is 0 Å². The van der Waals surface area contributed by atoms with E-state index in [1.165, 1.54) is 5.69 Å². The summed E-state index contributed by atoms with van der Waals surface area (Å²) < 4.78 is 7.45. The van der Waals surface area contributed by atoms with Gasteiger partial charge in [-0.1, -0.05) is 6.92 Å². The Labute approximate surface area is 89.0 Å². The van der Waals surface area contributed by atoms with Crippen LogP contribution in [0.2, 0.25) is 0 Å². The maximum atomic E-state index is 5.85. The normalized spacial score (nSPS) is 21.7. The Balaban J connectivity index is 2.27. The lowest BCUT2D eigenvalue weighted by Gasteiger charge is -2.12. The van der Waals surface area contributed by atoms with Crippen LogP contribution in [0.15, 0.2) is 6.20 Å². The van der Waals surface area contributed by atoms with Crippen molar-refractivity contribution in [3.63, 3.8) is 0 Å². The highest BCUT2D eigenvalue weighted by Crippen LogP contribution is 2.22. The van der Waals surface area contributed by atoms with E-state index < -0.39 is 0 Å². The molecular weight excluding hydrogens is 200 g/mol. The Hall–Kier alpha value is -0.540. The SMILES string of the molecule is CCc1c(CCl)cnn1C1CCOC1. The molecular formula is C10H15ClN2O. The summed E-state index contributed by atoms with van der Waals surface area (Å²) in [5.74, 6) is 0.552. The van der Waals surface area contributed by atoms with Crippen molar-refractivity contribution in [3.8, 4) is 0 Å². The maximum Gasteiger partial charge on any atom is 0.0777 e. The Morgan fingerprint density at radius 1 is 1.71 bits per heavy atom. The molecule has 0 saturated carbocycles. The van der Waals surface area contributed by atoms with E-state index in [1.54, 1.807) is 0 Å². The third-order valence-corrected chi connectivity index (χ3v) is 3.00. The van der Waals surface area contributed by atoms with Crippen LogP contribution < -0.4 is 0 Å². The van der Waals surface area contributed by atoms with Crippen molar-refractivity contribution in [1.82, 2.24) is 9.78 Å². The van der Waals surface area contributed by atoms with Gasteiger partial charge in [-0.15, -0.1) is 11.6 Å². The molecule has 2 heterocycles. The molecule has 1 aromatic heterocycles. The average molecular weight is 215 g/mol. The molecule has 1 unspecified atom stereocenters. The van der Waals surface area contributed by atoms with Crippen molar-refractivity contribution in [2.75, 3.05) is 13.2 Å². The van der Waals surface area contributed by atoms with Crippen LogP contribution in [-0.2, 0) is 17.0 Å². The van der Waals surface area contributed by atoms with Crippen molar-refractivity contribution in [2.24, 2.45) is 0 Å². The smallest absolute Gasteiger partial charge is 0.0777 e. The quantitative estimate of drug-likeness (QED) is 0.721. The molecule has 0 aliphatic carbocycles. The summed E-state index contributed by atoms with van der Waals surface area (Å²) in [4.78, 5) is 0. The number of hydrogen-bond donors (Lipinski definition) is 0. The van der Waals surface area contributed by atoms with E-state index in [0.717, 1.165) is 31.6 Å². The summed E-state index contributed by atoms with van der Waals surface area (Å²) in [5, 5.41) is 4.39.